The van der Waals surface area contributed by atoms with Crippen LogP contribution in [0.25, 0.3) is 0 Å². The maximum atomic E-state index is 12.2. The maximum Gasteiger partial charge on any atom is 0.311 e. The van der Waals surface area contributed by atoms with Crippen molar-refractivity contribution in [1.29, 1.82) is 0 Å². The summed E-state index contributed by atoms with van der Waals surface area (Å²) in [5, 5.41) is 3.27. The Kier molecular flexibility index (Phi) is 3.04. The van der Waals surface area contributed by atoms with Gasteiger partial charge in [0.15, 0.2) is 0 Å². The standard InChI is InChI=1S/C13H22N2O2/c1-12(2,3)17-11(16)10-6-4-5-9-7-15-8-13(9,10)14/h4-5,9-10,15H,6-8,14H2,1-3H3. The molecule has 0 aromatic heterocycles. The van der Waals surface area contributed by atoms with Crippen LogP contribution in [-0.4, -0.2) is 30.2 Å². The first-order chi connectivity index (χ1) is 7.83. The van der Waals surface area contributed by atoms with Crippen molar-refractivity contribution in [2.75, 3.05) is 13.1 Å². The fourth-order valence-electron chi connectivity index (χ4n) is 2.68. The summed E-state index contributed by atoms with van der Waals surface area (Å²) in [5.74, 6) is -0.154. The smallest absolute Gasteiger partial charge is 0.311 e. The molecule has 0 radical (unpaired) electrons. The van der Waals surface area contributed by atoms with Crippen LogP contribution in [0.2, 0.25) is 0 Å². The molecule has 3 unspecified atom stereocenters. The van der Waals surface area contributed by atoms with Crippen molar-refractivity contribution >= 4 is 5.97 Å². The third-order valence-corrected chi connectivity index (χ3v) is 3.57. The van der Waals surface area contributed by atoms with Crippen LogP contribution in [0.1, 0.15) is 27.2 Å². The molecular weight excluding hydrogens is 216 g/mol. The third-order valence-electron chi connectivity index (χ3n) is 3.57. The minimum atomic E-state index is -0.475. The predicted molar refractivity (Wildman–Crippen MR) is 66.4 cm³/mol. The Hall–Kier alpha value is -0.870. The van der Waals surface area contributed by atoms with Crippen molar-refractivity contribution < 1.29 is 9.53 Å². The van der Waals surface area contributed by atoms with Gasteiger partial charge in [-0.3, -0.25) is 4.79 Å². The lowest BCUT2D eigenvalue weighted by Crippen LogP contribution is -2.58. The van der Waals surface area contributed by atoms with Crippen LogP contribution in [0.3, 0.4) is 0 Å². The zero-order valence-electron chi connectivity index (χ0n) is 10.8. The highest BCUT2D eigenvalue weighted by molar-refractivity contribution is 5.75. The number of nitrogens with one attached hydrogen (secondary N) is 1. The summed E-state index contributed by atoms with van der Waals surface area (Å²) in [6.45, 7) is 7.20. The molecule has 0 spiro atoms. The van der Waals surface area contributed by atoms with Crippen LogP contribution in [0.15, 0.2) is 12.2 Å². The first-order valence-corrected chi connectivity index (χ1v) is 6.22. The molecule has 17 heavy (non-hydrogen) atoms. The van der Waals surface area contributed by atoms with Crippen LogP contribution in [0.5, 0.6) is 0 Å². The number of nitrogens with two attached hydrogens (primary N) is 1. The minimum Gasteiger partial charge on any atom is -0.460 e. The molecule has 1 saturated heterocycles. The maximum absolute atomic E-state index is 12.2. The molecule has 1 aliphatic heterocycles. The van der Waals surface area contributed by atoms with Crippen LogP contribution in [0.4, 0.5) is 0 Å². The SMILES string of the molecule is CC(C)(C)OC(=O)C1CC=CC2CNCC21N. The Bertz CT molecular complexity index is 346. The molecule has 0 aromatic carbocycles. The average molecular weight is 238 g/mol. The van der Waals surface area contributed by atoms with Crippen LogP contribution >= 0.6 is 0 Å². The van der Waals surface area contributed by atoms with Crippen molar-refractivity contribution in [1.82, 2.24) is 5.32 Å². The molecule has 0 bridgehead atoms. The fourth-order valence-corrected chi connectivity index (χ4v) is 2.68. The van der Waals surface area contributed by atoms with E-state index in [2.05, 4.69) is 17.5 Å². The number of hydrogen-bond acceptors (Lipinski definition) is 4. The summed E-state index contributed by atoms with van der Waals surface area (Å²) in [6, 6.07) is 0. The summed E-state index contributed by atoms with van der Waals surface area (Å²) in [5.41, 5.74) is 5.49. The van der Waals surface area contributed by atoms with E-state index in [4.69, 9.17) is 10.5 Å². The van der Waals surface area contributed by atoms with E-state index in [1.165, 1.54) is 0 Å². The molecule has 0 aromatic rings. The Balaban J connectivity index is 2.15. The average Bonchev–Trinajstić information content (AvgIpc) is 2.55. The van der Waals surface area contributed by atoms with E-state index in [1.54, 1.807) is 0 Å². The number of fused-ring (bicyclic) bond motifs is 1. The first-order valence-electron chi connectivity index (χ1n) is 6.22. The normalized spacial score (nSPS) is 36.7. The van der Waals surface area contributed by atoms with Crippen molar-refractivity contribution in [2.45, 2.75) is 38.3 Å². The van der Waals surface area contributed by atoms with E-state index in [-0.39, 0.29) is 17.8 Å². The van der Waals surface area contributed by atoms with Crippen molar-refractivity contribution in [3.63, 3.8) is 0 Å². The third kappa shape index (κ3) is 2.38. The second-order valence-corrected chi connectivity index (χ2v) is 6.10. The molecule has 3 atom stereocenters. The number of allylic oxidation sites excluding steroid dienone is 1. The van der Waals surface area contributed by atoms with Gasteiger partial charge < -0.3 is 15.8 Å². The fraction of sp³-hybridized carbons (Fsp3) is 0.769. The van der Waals surface area contributed by atoms with Crippen LogP contribution in [-0.2, 0) is 9.53 Å². The van der Waals surface area contributed by atoms with Gasteiger partial charge in [0.1, 0.15) is 5.60 Å². The number of hydrogen-bond donors (Lipinski definition) is 2. The van der Waals surface area contributed by atoms with Gasteiger partial charge in [0, 0.05) is 24.5 Å². The molecule has 3 N–H and O–H groups in total. The summed E-state index contributed by atoms with van der Waals surface area (Å²) in [7, 11) is 0. The molecular formula is C13H22N2O2. The Labute approximate surface area is 103 Å². The summed E-state index contributed by atoms with van der Waals surface area (Å²) in [4.78, 5) is 12.2. The molecule has 0 saturated carbocycles. The van der Waals surface area contributed by atoms with E-state index >= 15 is 0 Å². The number of rotatable bonds is 1. The zero-order valence-corrected chi connectivity index (χ0v) is 10.8. The van der Waals surface area contributed by atoms with E-state index in [1.807, 2.05) is 20.8 Å². The molecule has 1 fully saturated rings. The number of carbonyl (C=O) groups excluding carboxylic acids is 1. The topological polar surface area (TPSA) is 64.3 Å². The predicted octanol–water partition coefficient (Wildman–Crippen LogP) is 0.821. The van der Waals surface area contributed by atoms with Gasteiger partial charge in [0.25, 0.3) is 0 Å². The van der Waals surface area contributed by atoms with Crippen molar-refractivity contribution in [2.24, 2.45) is 17.6 Å². The Morgan fingerprint density at radius 3 is 2.88 bits per heavy atom. The van der Waals surface area contributed by atoms with Crippen LogP contribution < -0.4 is 11.1 Å². The van der Waals surface area contributed by atoms with E-state index in [0.29, 0.717) is 13.0 Å². The van der Waals surface area contributed by atoms with Gasteiger partial charge in [-0.05, 0) is 27.2 Å². The number of carbonyl (C=O) groups is 1. The number of esters is 1. The van der Waals surface area contributed by atoms with E-state index < -0.39 is 11.1 Å². The summed E-state index contributed by atoms with van der Waals surface area (Å²) in [6.07, 6.45) is 4.86. The molecule has 4 heteroatoms. The Morgan fingerprint density at radius 2 is 2.24 bits per heavy atom. The zero-order chi connectivity index (χ0) is 12.7. The van der Waals surface area contributed by atoms with Gasteiger partial charge in [-0.25, -0.2) is 0 Å². The summed E-state index contributed by atoms with van der Waals surface area (Å²) < 4.78 is 5.47. The van der Waals surface area contributed by atoms with Gasteiger partial charge in [0.2, 0.25) is 0 Å². The lowest BCUT2D eigenvalue weighted by atomic mass is 9.71. The minimum absolute atomic E-state index is 0.168. The molecule has 4 nitrogen and oxygen atoms in total. The monoisotopic (exact) mass is 238 g/mol. The van der Waals surface area contributed by atoms with Crippen molar-refractivity contribution in [3.8, 4) is 0 Å². The Morgan fingerprint density at radius 1 is 1.53 bits per heavy atom. The van der Waals surface area contributed by atoms with Gasteiger partial charge in [-0.2, -0.15) is 0 Å². The summed E-state index contributed by atoms with van der Waals surface area (Å²) >= 11 is 0. The van der Waals surface area contributed by atoms with E-state index in [0.717, 1.165) is 6.54 Å². The lowest BCUT2D eigenvalue weighted by molar-refractivity contribution is -0.162. The molecule has 2 rings (SSSR count). The molecule has 2 aliphatic rings. The first kappa shape index (κ1) is 12.6. The van der Waals surface area contributed by atoms with E-state index in [9.17, 15) is 4.79 Å². The highest BCUT2D eigenvalue weighted by atomic mass is 16.6. The quantitative estimate of drug-likeness (QED) is 0.524. The highest BCUT2D eigenvalue weighted by Crippen LogP contribution is 2.36. The second-order valence-electron chi connectivity index (χ2n) is 6.10. The van der Waals surface area contributed by atoms with Crippen LogP contribution in [0, 0.1) is 11.8 Å². The second kappa shape index (κ2) is 4.10. The molecule has 96 valence electrons. The molecule has 1 aliphatic carbocycles. The lowest BCUT2D eigenvalue weighted by Gasteiger charge is -2.39. The van der Waals surface area contributed by atoms with Gasteiger partial charge in [-0.15, -0.1) is 0 Å². The highest BCUT2D eigenvalue weighted by Gasteiger charge is 2.50. The molecule has 0 amide bonds. The van der Waals surface area contributed by atoms with Gasteiger partial charge >= 0.3 is 5.97 Å². The largest absolute Gasteiger partial charge is 0.460 e. The number of ether oxygens (including phenoxy) is 1. The van der Waals surface area contributed by atoms with Gasteiger partial charge in [-0.1, -0.05) is 12.2 Å². The van der Waals surface area contributed by atoms with Crippen molar-refractivity contribution in [3.05, 3.63) is 12.2 Å². The van der Waals surface area contributed by atoms with Gasteiger partial charge in [0.05, 0.1) is 5.92 Å². The molecule has 1 heterocycles.